The van der Waals surface area contributed by atoms with Crippen molar-refractivity contribution in [2.75, 3.05) is 0 Å². The van der Waals surface area contributed by atoms with Gasteiger partial charge in [0.1, 0.15) is 23.9 Å². The van der Waals surface area contributed by atoms with E-state index >= 15 is 0 Å². The first-order chi connectivity index (χ1) is 18.2. The van der Waals surface area contributed by atoms with Gasteiger partial charge in [-0.2, -0.15) is 0 Å². The van der Waals surface area contributed by atoms with Gasteiger partial charge in [0.15, 0.2) is 0 Å². The minimum Gasteiger partial charge on any atom is -0.508 e. The maximum absolute atomic E-state index is 13.1. The number of amides is 3. The molecule has 0 spiro atoms. The minimum absolute atomic E-state index is 0.0449. The van der Waals surface area contributed by atoms with Crippen LogP contribution in [0, 0.1) is 5.92 Å². The van der Waals surface area contributed by atoms with Crippen molar-refractivity contribution in [3.05, 3.63) is 29.8 Å². The number of phenolic OH excluding ortho intramolecular Hbond substituents is 1. The maximum Gasteiger partial charge on any atom is 0.326 e. The fourth-order valence-corrected chi connectivity index (χ4v) is 3.57. The van der Waals surface area contributed by atoms with Gasteiger partial charge in [-0.1, -0.05) is 26.0 Å². The van der Waals surface area contributed by atoms with Gasteiger partial charge in [-0.3, -0.25) is 24.0 Å². The van der Waals surface area contributed by atoms with Gasteiger partial charge >= 0.3 is 17.9 Å². The molecule has 3 amide bonds. The second-order valence-corrected chi connectivity index (χ2v) is 9.49. The van der Waals surface area contributed by atoms with Crippen LogP contribution in [0.5, 0.6) is 5.75 Å². The molecule has 0 aliphatic heterocycles. The minimum atomic E-state index is -1.58. The molecule has 0 bridgehead atoms. The number of phenols is 1. The van der Waals surface area contributed by atoms with E-state index in [1.54, 1.807) is 26.0 Å². The third-order valence-corrected chi connectivity index (χ3v) is 5.61. The molecule has 0 saturated heterocycles. The number of benzene rings is 1. The van der Waals surface area contributed by atoms with E-state index in [1.165, 1.54) is 12.1 Å². The highest BCUT2D eigenvalue weighted by molar-refractivity contribution is 5.94. The first kappa shape index (κ1) is 32.8. The van der Waals surface area contributed by atoms with Crippen molar-refractivity contribution in [1.82, 2.24) is 16.0 Å². The van der Waals surface area contributed by atoms with Crippen LogP contribution in [0.15, 0.2) is 24.3 Å². The Balaban J connectivity index is 3.00. The second-order valence-electron chi connectivity index (χ2n) is 9.49. The van der Waals surface area contributed by atoms with Crippen molar-refractivity contribution >= 4 is 35.6 Å². The Morgan fingerprint density at radius 1 is 0.744 bits per heavy atom. The van der Waals surface area contributed by atoms with Gasteiger partial charge in [-0.05, 0) is 49.3 Å². The van der Waals surface area contributed by atoms with E-state index in [9.17, 15) is 39.0 Å². The van der Waals surface area contributed by atoms with Crippen LogP contribution in [-0.4, -0.2) is 80.2 Å². The summed E-state index contributed by atoms with van der Waals surface area (Å²) >= 11 is 0. The maximum atomic E-state index is 13.1. The first-order valence-electron chi connectivity index (χ1n) is 12.3. The second kappa shape index (κ2) is 15.9. The SMILES string of the molecule is CC(C)CC(NC(=O)C(N)Cc1ccc(O)cc1)C(=O)NC(CCC(=O)O)C(=O)NC(CCC(=O)O)C(=O)O. The van der Waals surface area contributed by atoms with E-state index in [0.29, 0.717) is 5.56 Å². The molecule has 0 saturated carbocycles. The topological polar surface area (TPSA) is 245 Å². The molecule has 9 N–H and O–H groups in total. The van der Waals surface area contributed by atoms with Crippen molar-refractivity contribution in [3.63, 3.8) is 0 Å². The van der Waals surface area contributed by atoms with E-state index in [4.69, 9.17) is 15.9 Å². The van der Waals surface area contributed by atoms with E-state index in [-0.39, 0.29) is 30.9 Å². The summed E-state index contributed by atoms with van der Waals surface area (Å²) < 4.78 is 0. The molecule has 0 fully saturated rings. The van der Waals surface area contributed by atoms with Crippen LogP contribution in [0.2, 0.25) is 0 Å². The average molecular weight is 553 g/mol. The van der Waals surface area contributed by atoms with E-state index in [2.05, 4.69) is 16.0 Å². The number of aliphatic carboxylic acids is 3. The normalized spacial score (nSPS) is 13.9. The molecule has 216 valence electrons. The number of carbonyl (C=O) groups is 6. The zero-order valence-corrected chi connectivity index (χ0v) is 21.8. The standard InChI is InChI=1S/C25H36N4O10/c1-13(2)11-19(29-22(35)16(26)12-14-3-5-15(30)6-4-14)24(37)27-17(7-9-20(31)32)23(36)28-18(25(38)39)8-10-21(33)34/h3-6,13,16-19,30H,7-12,26H2,1-2H3,(H,27,37)(H,28,36)(H,29,35)(H,31,32)(H,33,34)(H,38,39). The summed E-state index contributed by atoms with van der Waals surface area (Å²) in [5.74, 6) is -6.57. The van der Waals surface area contributed by atoms with Crippen LogP contribution in [-0.2, 0) is 35.2 Å². The summed E-state index contributed by atoms with van der Waals surface area (Å²) in [6, 6.07) is 0.807. The van der Waals surface area contributed by atoms with Crippen LogP contribution < -0.4 is 21.7 Å². The number of carboxylic acid groups (broad SMARTS) is 3. The van der Waals surface area contributed by atoms with Gasteiger partial charge in [0.2, 0.25) is 17.7 Å². The predicted octanol–water partition coefficient (Wildman–Crippen LogP) is -0.423. The summed E-state index contributed by atoms with van der Waals surface area (Å²) in [5.41, 5.74) is 6.67. The van der Waals surface area contributed by atoms with Crippen LogP contribution in [0.3, 0.4) is 0 Å². The molecule has 4 unspecified atom stereocenters. The van der Waals surface area contributed by atoms with Crippen LogP contribution in [0.4, 0.5) is 0 Å². The monoisotopic (exact) mass is 552 g/mol. The number of hydrogen-bond acceptors (Lipinski definition) is 8. The molecule has 0 radical (unpaired) electrons. The molecule has 39 heavy (non-hydrogen) atoms. The van der Waals surface area contributed by atoms with Gasteiger partial charge in [-0.15, -0.1) is 0 Å². The summed E-state index contributed by atoms with van der Waals surface area (Å²) in [6.07, 6.45) is -1.64. The number of hydrogen-bond donors (Lipinski definition) is 8. The van der Waals surface area contributed by atoms with Gasteiger partial charge in [0.25, 0.3) is 0 Å². The van der Waals surface area contributed by atoms with Crippen LogP contribution >= 0.6 is 0 Å². The molecular weight excluding hydrogens is 516 g/mol. The lowest BCUT2D eigenvalue weighted by Gasteiger charge is -2.26. The van der Waals surface area contributed by atoms with Crippen molar-refractivity contribution in [1.29, 1.82) is 0 Å². The lowest BCUT2D eigenvalue weighted by Crippen LogP contribution is -2.57. The van der Waals surface area contributed by atoms with E-state index in [1.807, 2.05) is 0 Å². The number of aromatic hydroxyl groups is 1. The Hall–Kier alpha value is -4.20. The molecular formula is C25H36N4O10. The first-order valence-corrected chi connectivity index (χ1v) is 12.3. The lowest BCUT2D eigenvalue weighted by atomic mass is 10.0. The number of carboxylic acids is 3. The molecule has 0 aliphatic rings. The number of nitrogens with one attached hydrogen (secondary N) is 3. The van der Waals surface area contributed by atoms with Crippen LogP contribution in [0.25, 0.3) is 0 Å². The molecule has 1 aromatic rings. The Bertz CT molecular complexity index is 1030. The highest BCUT2D eigenvalue weighted by Crippen LogP contribution is 2.12. The molecule has 0 aliphatic carbocycles. The quantitative estimate of drug-likeness (QED) is 0.123. The van der Waals surface area contributed by atoms with Gasteiger partial charge in [0.05, 0.1) is 6.04 Å². The average Bonchev–Trinajstić information content (AvgIpc) is 2.84. The lowest BCUT2D eigenvalue weighted by molar-refractivity contribution is -0.144. The van der Waals surface area contributed by atoms with Crippen molar-refractivity contribution in [3.8, 4) is 5.75 Å². The van der Waals surface area contributed by atoms with Crippen LogP contribution in [0.1, 0.15) is 51.5 Å². The van der Waals surface area contributed by atoms with E-state index in [0.717, 1.165) is 0 Å². The zero-order valence-electron chi connectivity index (χ0n) is 21.8. The summed E-state index contributed by atoms with van der Waals surface area (Å²) in [5, 5.41) is 43.6. The van der Waals surface area contributed by atoms with E-state index < -0.39 is 79.1 Å². The fourth-order valence-electron chi connectivity index (χ4n) is 3.57. The number of nitrogens with two attached hydrogens (primary N) is 1. The Labute approximate surface area is 225 Å². The van der Waals surface area contributed by atoms with Crippen molar-refractivity contribution in [2.24, 2.45) is 11.7 Å². The number of carbonyl (C=O) groups excluding carboxylic acids is 3. The zero-order chi connectivity index (χ0) is 29.7. The summed E-state index contributed by atoms with van der Waals surface area (Å²) in [4.78, 5) is 72.0. The van der Waals surface area contributed by atoms with Gasteiger partial charge in [0, 0.05) is 12.8 Å². The summed E-state index contributed by atoms with van der Waals surface area (Å²) in [7, 11) is 0. The molecule has 14 heteroatoms. The highest BCUT2D eigenvalue weighted by atomic mass is 16.4. The molecule has 14 nitrogen and oxygen atoms in total. The third-order valence-electron chi connectivity index (χ3n) is 5.61. The fraction of sp³-hybridized carbons (Fsp3) is 0.520. The predicted molar refractivity (Wildman–Crippen MR) is 136 cm³/mol. The number of rotatable bonds is 17. The molecule has 1 rings (SSSR count). The van der Waals surface area contributed by atoms with Gasteiger partial charge in [-0.25, -0.2) is 4.79 Å². The molecule has 0 aromatic heterocycles. The largest absolute Gasteiger partial charge is 0.508 e. The molecule has 1 aromatic carbocycles. The molecule has 4 atom stereocenters. The third kappa shape index (κ3) is 12.7. The summed E-state index contributed by atoms with van der Waals surface area (Å²) in [6.45, 7) is 3.58. The van der Waals surface area contributed by atoms with Crippen molar-refractivity contribution < 1.29 is 49.2 Å². The highest BCUT2D eigenvalue weighted by Gasteiger charge is 2.31. The van der Waals surface area contributed by atoms with Crippen molar-refractivity contribution in [2.45, 2.75) is 76.5 Å². The Kier molecular flexibility index (Phi) is 13.4. The Morgan fingerprint density at radius 3 is 1.69 bits per heavy atom. The van der Waals surface area contributed by atoms with Gasteiger partial charge < -0.3 is 42.1 Å². The Morgan fingerprint density at radius 2 is 1.21 bits per heavy atom. The smallest absolute Gasteiger partial charge is 0.326 e. The molecule has 0 heterocycles.